The van der Waals surface area contributed by atoms with Crippen LogP contribution in [0, 0.1) is 0 Å². The van der Waals surface area contributed by atoms with E-state index in [1.165, 1.54) is 0 Å². The SMILES string of the molecule is O=C(CO)[C@@H](O)[C@H](O)[C@H](O)[C@H](O)COP(=O)(O)O.O=C(CO)[C@@H](O)[C@H](O)[C@H](O)[C@H](O)COP(=O)(O)O. The first-order chi connectivity index (χ1) is 16.2. The Kier molecular flexibility index (Phi) is 17.5. The number of phosphoric acid groups is 2. The van der Waals surface area contributed by atoms with Crippen molar-refractivity contribution >= 4 is 27.2 Å². The van der Waals surface area contributed by atoms with Gasteiger partial charge in [0.25, 0.3) is 0 Å². The first kappa shape index (κ1) is 37.3. The van der Waals surface area contributed by atoms with Crippen LogP contribution in [0.1, 0.15) is 0 Å². The molecular weight excluding hydrogens is 550 g/mol. The lowest BCUT2D eigenvalue weighted by molar-refractivity contribution is -0.149. The summed E-state index contributed by atoms with van der Waals surface area (Å²) in [6.07, 6.45) is -16.7. The molecule has 0 aromatic carbocycles. The number of hydrogen-bond donors (Lipinski definition) is 14. The minimum absolute atomic E-state index is 1.03. The highest BCUT2D eigenvalue weighted by molar-refractivity contribution is 7.46. The highest BCUT2D eigenvalue weighted by Crippen LogP contribution is 2.36. The Balaban J connectivity index is 0. The van der Waals surface area contributed by atoms with Crippen molar-refractivity contribution in [1.82, 2.24) is 0 Å². The molecule has 0 aliphatic rings. The molecule has 0 fully saturated rings. The fourth-order valence-corrected chi connectivity index (χ4v) is 2.63. The number of aliphatic hydroxyl groups is 10. The van der Waals surface area contributed by atoms with Crippen LogP contribution >= 0.6 is 15.6 Å². The van der Waals surface area contributed by atoms with Gasteiger partial charge in [0, 0.05) is 0 Å². The van der Waals surface area contributed by atoms with Crippen LogP contribution in [0.15, 0.2) is 0 Å². The van der Waals surface area contributed by atoms with Gasteiger partial charge >= 0.3 is 15.6 Å². The normalized spacial score (nSPS) is 19.1. The molecule has 0 unspecified atom stereocenters. The monoisotopic (exact) mass is 580 g/mol. The molecule has 0 saturated carbocycles. The molecule has 0 aliphatic carbocycles. The lowest BCUT2D eigenvalue weighted by Gasteiger charge is -2.25. The summed E-state index contributed by atoms with van der Waals surface area (Å²) in [6, 6.07) is 0. The average molecular weight is 580 g/mol. The lowest BCUT2D eigenvalue weighted by Crippen LogP contribution is -2.49. The molecule has 0 aliphatic heterocycles. The maximum Gasteiger partial charge on any atom is 0.469 e. The molecule has 0 spiro atoms. The van der Waals surface area contributed by atoms with Crippen molar-refractivity contribution in [2.45, 2.75) is 48.8 Å². The summed E-state index contributed by atoms with van der Waals surface area (Å²) in [4.78, 5) is 54.9. The van der Waals surface area contributed by atoms with E-state index in [1.807, 2.05) is 0 Å². The number of rotatable bonds is 16. The zero-order valence-corrected chi connectivity index (χ0v) is 19.8. The van der Waals surface area contributed by atoms with Crippen molar-refractivity contribution in [3.63, 3.8) is 0 Å². The van der Waals surface area contributed by atoms with Crippen molar-refractivity contribution in [1.29, 1.82) is 0 Å². The molecule has 0 heterocycles. The highest BCUT2D eigenvalue weighted by Gasteiger charge is 2.36. The van der Waals surface area contributed by atoms with E-state index in [2.05, 4.69) is 9.05 Å². The highest BCUT2D eigenvalue weighted by atomic mass is 31.2. The van der Waals surface area contributed by atoms with E-state index in [0.29, 0.717) is 0 Å². The van der Waals surface area contributed by atoms with Crippen molar-refractivity contribution in [2.24, 2.45) is 0 Å². The molecule has 0 aromatic heterocycles. The summed E-state index contributed by atoms with van der Waals surface area (Å²) in [6.45, 7) is -4.22. The molecule has 0 saturated heterocycles. The summed E-state index contributed by atoms with van der Waals surface area (Å²) in [7, 11) is -9.72. The average Bonchev–Trinajstić information content (AvgIpc) is 2.81. The second-order valence-electron chi connectivity index (χ2n) is 6.81. The molecule has 20 nitrogen and oxygen atoms in total. The van der Waals surface area contributed by atoms with Gasteiger partial charge in [0.2, 0.25) is 0 Å². The largest absolute Gasteiger partial charge is 0.469 e. The summed E-state index contributed by atoms with van der Waals surface area (Å²) in [5, 5.41) is 90.4. The van der Waals surface area contributed by atoms with E-state index in [9.17, 15) is 49.4 Å². The first-order valence-corrected chi connectivity index (χ1v) is 12.4. The fourth-order valence-electron chi connectivity index (χ4n) is 1.94. The molecule has 36 heavy (non-hydrogen) atoms. The van der Waals surface area contributed by atoms with Crippen LogP contribution in [0.25, 0.3) is 0 Å². The number of carbonyl (C=O) groups excluding carboxylic acids is 2. The number of hydrogen-bond acceptors (Lipinski definition) is 16. The number of ketones is 2. The van der Waals surface area contributed by atoms with Crippen LogP contribution in [0.3, 0.4) is 0 Å². The molecular formula is C14H30O20P2. The molecule has 0 radical (unpaired) electrons. The predicted molar refractivity (Wildman–Crippen MR) is 108 cm³/mol. The van der Waals surface area contributed by atoms with Gasteiger partial charge in [-0.15, -0.1) is 0 Å². The van der Waals surface area contributed by atoms with Crippen molar-refractivity contribution in [3.05, 3.63) is 0 Å². The summed E-state index contributed by atoms with van der Waals surface area (Å²) in [5.41, 5.74) is 0. The Morgan fingerprint density at radius 2 is 0.806 bits per heavy atom. The summed E-state index contributed by atoms with van der Waals surface area (Å²) in [5.74, 6) is -2.38. The summed E-state index contributed by atoms with van der Waals surface area (Å²) >= 11 is 0. The van der Waals surface area contributed by atoms with Crippen molar-refractivity contribution < 1.29 is 98.4 Å². The van der Waals surface area contributed by atoms with Gasteiger partial charge in [-0.3, -0.25) is 18.6 Å². The zero-order chi connectivity index (χ0) is 29.0. The summed E-state index contributed by atoms with van der Waals surface area (Å²) < 4.78 is 28.3. The standard InChI is InChI=1S/2C7H15O10P/c2*8-1-3(9)5(11)7(13)6(12)4(10)2-17-18(14,15)16/h2*4-8,10-13H,1-2H2,(H2,14,15,16)/t2*4-,5-,6-,7+/m11/s1. The second-order valence-corrected chi connectivity index (χ2v) is 9.29. The molecule has 0 aromatic rings. The third kappa shape index (κ3) is 15.4. The predicted octanol–water partition coefficient (Wildman–Crippen LogP) is -7.80. The molecule has 0 bridgehead atoms. The molecule has 14 N–H and O–H groups in total. The van der Waals surface area contributed by atoms with E-state index in [0.717, 1.165) is 0 Å². The Morgan fingerprint density at radius 3 is 1.00 bits per heavy atom. The maximum absolute atomic E-state index is 10.8. The molecule has 0 amide bonds. The van der Waals surface area contributed by atoms with E-state index in [-0.39, 0.29) is 0 Å². The smallest absolute Gasteiger partial charge is 0.388 e. The van der Waals surface area contributed by atoms with Gasteiger partial charge < -0.3 is 70.6 Å². The second kappa shape index (κ2) is 16.9. The van der Waals surface area contributed by atoms with Gasteiger partial charge in [0.05, 0.1) is 13.2 Å². The van der Waals surface area contributed by atoms with Gasteiger partial charge in [-0.25, -0.2) is 9.13 Å². The van der Waals surface area contributed by atoms with E-state index < -0.39 is 102 Å². The van der Waals surface area contributed by atoms with Crippen LogP contribution < -0.4 is 0 Å². The number of phosphoric ester groups is 2. The maximum atomic E-state index is 10.8. The third-order valence-electron chi connectivity index (χ3n) is 3.93. The van der Waals surface area contributed by atoms with Crippen molar-refractivity contribution in [3.8, 4) is 0 Å². The zero-order valence-electron chi connectivity index (χ0n) is 18.1. The number of aliphatic hydroxyl groups excluding tert-OH is 10. The van der Waals surface area contributed by atoms with E-state index in [4.69, 9.17) is 40.0 Å². The van der Waals surface area contributed by atoms with E-state index >= 15 is 0 Å². The van der Waals surface area contributed by atoms with Gasteiger partial charge in [0.1, 0.15) is 62.0 Å². The van der Waals surface area contributed by atoms with Gasteiger partial charge in [-0.05, 0) is 0 Å². The van der Waals surface area contributed by atoms with Crippen LogP contribution in [0.4, 0.5) is 0 Å². The van der Waals surface area contributed by atoms with Crippen LogP contribution in [0.2, 0.25) is 0 Å². The Morgan fingerprint density at radius 1 is 0.556 bits per heavy atom. The van der Waals surface area contributed by atoms with Gasteiger partial charge in [-0.1, -0.05) is 0 Å². The van der Waals surface area contributed by atoms with Crippen LogP contribution in [0.5, 0.6) is 0 Å². The molecule has 0 rings (SSSR count). The van der Waals surface area contributed by atoms with Crippen molar-refractivity contribution in [2.75, 3.05) is 26.4 Å². The minimum atomic E-state index is -4.86. The Hall–Kier alpha value is -0.840. The lowest BCUT2D eigenvalue weighted by atomic mass is 10.0. The fraction of sp³-hybridized carbons (Fsp3) is 0.857. The van der Waals surface area contributed by atoms with Gasteiger partial charge in [0.15, 0.2) is 11.6 Å². The third-order valence-corrected chi connectivity index (χ3v) is 4.90. The Bertz CT molecular complexity index is 689. The quantitative estimate of drug-likeness (QED) is 0.0753. The first-order valence-electron chi connectivity index (χ1n) is 9.31. The van der Waals surface area contributed by atoms with Gasteiger partial charge in [-0.2, -0.15) is 0 Å². The van der Waals surface area contributed by atoms with Crippen LogP contribution in [-0.4, -0.2) is 157 Å². The molecule has 22 heteroatoms. The number of carbonyl (C=O) groups is 2. The molecule has 8 atom stereocenters. The molecule has 216 valence electrons. The Labute approximate surface area is 201 Å². The topological polar surface area (TPSA) is 370 Å². The minimum Gasteiger partial charge on any atom is -0.388 e. The number of Topliss-reactive ketones (excluding diaryl/α,β-unsaturated/α-hetero) is 2. The van der Waals surface area contributed by atoms with Crippen LogP contribution in [-0.2, 0) is 27.8 Å². The van der Waals surface area contributed by atoms with E-state index in [1.54, 1.807) is 0 Å².